The van der Waals surface area contributed by atoms with Crippen LogP contribution in [0.5, 0.6) is 5.75 Å². The largest absolute Gasteiger partial charge is 0.484 e. The Morgan fingerprint density at radius 1 is 0.967 bits per heavy atom. The second-order valence-corrected chi connectivity index (χ2v) is 6.44. The number of carbonyl (C=O) groups excluding carboxylic acids is 2. The molecule has 0 bridgehead atoms. The lowest BCUT2D eigenvalue weighted by atomic mass is 10.1. The number of hydrogen-bond donors (Lipinski definition) is 3. The first-order valence-corrected chi connectivity index (χ1v) is 9.10. The number of para-hydroxylation sites is 1. The van der Waals surface area contributed by atoms with Gasteiger partial charge in [-0.05, 0) is 41.2 Å². The standard InChI is InChI=1S/C20H16N4O5S/c25-18(12-29-15-10-9-13-5-1-2-6-14(13)11-15)21-20(30)23-22-19(26)16-7-3-4-8-17(16)24(27)28/h1-11H,12H2,(H,22,26)(H2,21,23,25,30). The molecule has 30 heavy (non-hydrogen) atoms. The molecule has 3 aromatic carbocycles. The zero-order valence-corrected chi connectivity index (χ0v) is 16.3. The third-order valence-corrected chi connectivity index (χ3v) is 4.18. The molecule has 0 heterocycles. The van der Waals surface area contributed by atoms with E-state index in [9.17, 15) is 19.7 Å². The van der Waals surface area contributed by atoms with Crippen LogP contribution in [0.4, 0.5) is 5.69 Å². The summed E-state index contributed by atoms with van der Waals surface area (Å²) in [6.45, 7) is -0.293. The van der Waals surface area contributed by atoms with E-state index in [2.05, 4.69) is 16.2 Å². The highest BCUT2D eigenvalue weighted by Crippen LogP contribution is 2.20. The monoisotopic (exact) mass is 424 g/mol. The van der Waals surface area contributed by atoms with Gasteiger partial charge in [0.05, 0.1) is 4.92 Å². The van der Waals surface area contributed by atoms with Gasteiger partial charge in [-0.25, -0.2) is 0 Å². The number of hydrogen-bond acceptors (Lipinski definition) is 6. The van der Waals surface area contributed by atoms with Gasteiger partial charge < -0.3 is 4.74 Å². The van der Waals surface area contributed by atoms with Crippen LogP contribution < -0.4 is 20.9 Å². The molecule has 0 saturated heterocycles. The quantitative estimate of drug-likeness (QED) is 0.327. The first-order valence-electron chi connectivity index (χ1n) is 8.69. The number of amides is 2. The predicted octanol–water partition coefficient (Wildman–Crippen LogP) is 2.46. The lowest BCUT2D eigenvalue weighted by Crippen LogP contribution is -2.49. The van der Waals surface area contributed by atoms with Crippen molar-refractivity contribution >= 4 is 45.6 Å². The Hall–Kier alpha value is -4.05. The van der Waals surface area contributed by atoms with Crippen molar-refractivity contribution in [3.8, 4) is 5.75 Å². The third kappa shape index (κ3) is 5.26. The van der Waals surface area contributed by atoms with Gasteiger partial charge in [-0.3, -0.25) is 35.9 Å². The number of fused-ring (bicyclic) bond motifs is 1. The second kappa shape index (κ2) is 9.43. The van der Waals surface area contributed by atoms with E-state index in [-0.39, 0.29) is 23.0 Å². The van der Waals surface area contributed by atoms with Crippen LogP contribution in [0, 0.1) is 10.1 Å². The molecule has 0 radical (unpaired) electrons. The lowest BCUT2D eigenvalue weighted by molar-refractivity contribution is -0.385. The number of ether oxygens (including phenoxy) is 1. The molecule has 0 saturated carbocycles. The molecule has 152 valence electrons. The Balaban J connectivity index is 1.48. The smallest absolute Gasteiger partial charge is 0.282 e. The van der Waals surface area contributed by atoms with Crippen molar-refractivity contribution in [1.29, 1.82) is 0 Å². The number of nitro benzene ring substituents is 1. The number of nitrogens with one attached hydrogen (secondary N) is 3. The van der Waals surface area contributed by atoms with Gasteiger partial charge in [0.2, 0.25) is 0 Å². The zero-order chi connectivity index (χ0) is 21.5. The normalized spacial score (nSPS) is 10.1. The van der Waals surface area contributed by atoms with Crippen molar-refractivity contribution in [2.75, 3.05) is 6.61 Å². The predicted molar refractivity (Wildman–Crippen MR) is 114 cm³/mol. The SMILES string of the molecule is O=C(COc1ccc2ccccc2c1)NC(=S)NNC(=O)c1ccccc1[N+](=O)[O-]. The fourth-order valence-electron chi connectivity index (χ4n) is 2.61. The molecule has 0 atom stereocenters. The number of carbonyl (C=O) groups is 2. The number of benzene rings is 3. The second-order valence-electron chi connectivity index (χ2n) is 6.03. The zero-order valence-electron chi connectivity index (χ0n) is 15.5. The van der Waals surface area contributed by atoms with E-state index in [1.54, 1.807) is 6.07 Å². The van der Waals surface area contributed by atoms with Crippen LogP contribution in [-0.2, 0) is 4.79 Å². The van der Waals surface area contributed by atoms with Gasteiger partial charge in [-0.15, -0.1) is 0 Å². The number of hydrazine groups is 1. The lowest BCUT2D eigenvalue weighted by Gasteiger charge is -2.11. The topological polar surface area (TPSA) is 123 Å². The molecule has 0 unspecified atom stereocenters. The highest BCUT2D eigenvalue weighted by atomic mass is 32.1. The van der Waals surface area contributed by atoms with Crippen LogP contribution in [0.3, 0.4) is 0 Å². The van der Waals surface area contributed by atoms with Gasteiger partial charge >= 0.3 is 0 Å². The van der Waals surface area contributed by atoms with Crippen LogP contribution in [0.25, 0.3) is 10.8 Å². The van der Waals surface area contributed by atoms with Crippen LogP contribution in [0.15, 0.2) is 66.7 Å². The Kier molecular flexibility index (Phi) is 6.50. The van der Waals surface area contributed by atoms with E-state index in [4.69, 9.17) is 17.0 Å². The Labute approximate surface area is 176 Å². The van der Waals surface area contributed by atoms with Gasteiger partial charge in [-0.2, -0.15) is 0 Å². The molecule has 3 aromatic rings. The van der Waals surface area contributed by atoms with E-state index in [1.807, 2.05) is 36.4 Å². The summed E-state index contributed by atoms with van der Waals surface area (Å²) in [7, 11) is 0. The molecule has 3 rings (SSSR count). The summed E-state index contributed by atoms with van der Waals surface area (Å²) < 4.78 is 5.45. The molecular weight excluding hydrogens is 408 g/mol. The van der Waals surface area contributed by atoms with Crippen LogP contribution >= 0.6 is 12.2 Å². The first-order chi connectivity index (χ1) is 14.4. The number of nitrogens with zero attached hydrogens (tertiary/aromatic N) is 1. The van der Waals surface area contributed by atoms with Gasteiger partial charge in [0, 0.05) is 6.07 Å². The molecule has 0 fully saturated rings. The maximum absolute atomic E-state index is 12.1. The minimum absolute atomic E-state index is 0.149. The molecule has 0 aromatic heterocycles. The summed E-state index contributed by atoms with van der Waals surface area (Å²) in [6.07, 6.45) is 0. The van der Waals surface area contributed by atoms with Gasteiger partial charge in [0.25, 0.3) is 17.5 Å². The molecular formula is C20H16N4O5S. The molecule has 10 heteroatoms. The molecule has 2 amide bonds. The van der Waals surface area contributed by atoms with Crippen molar-refractivity contribution in [2.45, 2.75) is 0 Å². The molecule has 0 aliphatic rings. The summed E-state index contributed by atoms with van der Waals surface area (Å²) in [5.41, 5.74) is 4.02. The van der Waals surface area contributed by atoms with Crippen molar-refractivity contribution in [1.82, 2.24) is 16.2 Å². The summed E-state index contributed by atoms with van der Waals surface area (Å²) in [5.74, 6) is -0.792. The van der Waals surface area contributed by atoms with Gasteiger partial charge in [0.15, 0.2) is 11.7 Å². The van der Waals surface area contributed by atoms with E-state index in [0.717, 1.165) is 10.8 Å². The van der Waals surface area contributed by atoms with Crippen molar-refractivity contribution in [2.24, 2.45) is 0 Å². The summed E-state index contributed by atoms with van der Waals surface area (Å²) in [6, 6.07) is 18.6. The maximum Gasteiger partial charge on any atom is 0.282 e. The molecule has 0 spiro atoms. The average molecular weight is 424 g/mol. The summed E-state index contributed by atoms with van der Waals surface area (Å²) in [5, 5.41) is 15.2. The van der Waals surface area contributed by atoms with E-state index >= 15 is 0 Å². The fourth-order valence-corrected chi connectivity index (χ4v) is 2.77. The molecule has 0 aliphatic heterocycles. The van der Waals surface area contributed by atoms with Gasteiger partial charge in [0.1, 0.15) is 11.3 Å². The number of rotatable bonds is 5. The van der Waals surface area contributed by atoms with Crippen molar-refractivity contribution in [3.05, 3.63) is 82.4 Å². The summed E-state index contributed by atoms with van der Waals surface area (Å²) >= 11 is 4.93. The minimum Gasteiger partial charge on any atom is -0.484 e. The summed E-state index contributed by atoms with van der Waals surface area (Å²) in [4.78, 5) is 34.4. The maximum atomic E-state index is 12.1. The average Bonchev–Trinajstić information content (AvgIpc) is 2.75. The van der Waals surface area contributed by atoms with Crippen LogP contribution in [0.1, 0.15) is 10.4 Å². The van der Waals surface area contributed by atoms with Crippen LogP contribution in [0.2, 0.25) is 0 Å². The molecule has 0 aliphatic carbocycles. The van der Waals surface area contributed by atoms with Gasteiger partial charge in [-0.1, -0.05) is 42.5 Å². The minimum atomic E-state index is -0.772. The van der Waals surface area contributed by atoms with E-state index in [1.165, 1.54) is 24.3 Å². The first kappa shape index (κ1) is 20.7. The number of thiocarbonyl (C=S) groups is 1. The van der Waals surface area contributed by atoms with E-state index in [0.29, 0.717) is 5.75 Å². The van der Waals surface area contributed by atoms with E-state index < -0.39 is 16.7 Å². The third-order valence-electron chi connectivity index (χ3n) is 3.98. The number of nitro groups is 1. The van der Waals surface area contributed by atoms with Crippen LogP contribution in [-0.4, -0.2) is 28.5 Å². The van der Waals surface area contributed by atoms with Crippen molar-refractivity contribution in [3.63, 3.8) is 0 Å². The Morgan fingerprint density at radius 3 is 2.43 bits per heavy atom. The van der Waals surface area contributed by atoms with Crippen molar-refractivity contribution < 1.29 is 19.2 Å². The molecule has 3 N–H and O–H groups in total. The highest BCUT2D eigenvalue weighted by Gasteiger charge is 2.19. The Morgan fingerprint density at radius 2 is 1.67 bits per heavy atom. The molecule has 9 nitrogen and oxygen atoms in total. The fraction of sp³-hybridized carbons (Fsp3) is 0.0500. The highest BCUT2D eigenvalue weighted by molar-refractivity contribution is 7.80. The Bertz CT molecular complexity index is 1130.